The Bertz CT molecular complexity index is 1560. The van der Waals surface area contributed by atoms with Crippen LogP contribution in [0.15, 0.2) is 75.9 Å². The number of carbonyl (C=O) groups is 2. The van der Waals surface area contributed by atoms with E-state index in [-0.39, 0.29) is 30.1 Å². The average Bonchev–Trinajstić information content (AvgIpc) is 2.84. The highest BCUT2D eigenvalue weighted by Gasteiger charge is 2.34. The molecule has 0 bridgehead atoms. The fraction of sp³-hybridized carbons (Fsp3) is 0.148. The number of carboxylic acids is 1. The van der Waals surface area contributed by atoms with Gasteiger partial charge in [-0.1, -0.05) is 42.5 Å². The fourth-order valence-electron chi connectivity index (χ4n) is 4.03. The maximum absolute atomic E-state index is 13.4. The maximum Gasteiger partial charge on any atom is 0.418 e. The molecule has 3 aromatic carbocycles. The number of aliphatic carboxylic acids is 1. The standard InChI is InChI=1S/C27H19F4NO5/c28-17-9-10-21(20(13-17)27(29,30)31)32-23(33)14-19-25(18-6-1-2-7-22(18)37-26(19)36)16-5-3-4-15(12-16)8-11-24(34)35/h1-7,9-10,12-13H,8,11,14H2,(H,32,33)(H,34,35). The Labute approximate surface area is 207 Å². The van der Waals surface area contributed by atoms with Crippen molar-refractivity contribution in [3.8, 4) is 11.1 Å². The van der Waals surface area contributed by atoms with E-state index in [0.29, 0.717) is 22.1 Å². The maximum atomic E-state index is 13.4. The molecule has 6 nitrogen and oxygen atoms in total. The minimum absolute atomic E-state index is 0.0951. The van der Waals surface area contributed by atoms with Crippen LogP contribution < -0.4 is 10.9 Å². The first-order chi connectivity index (χ1) is 17.5. The van der Waals surface area contributed by atoms with Crippen molar-refractivity contribution < 1.29 is 36.7 Å². The minimum Gasteiger partial charge on any atom is -0.481 e. The first kappa shape index (κ1) is 25.6. The molecule has 37 heavy (non-hydrogen) atoms. The predicted octanol–water partition coefficient (Wildman–Crippen LogP) is 5.82. The highest BCUT2D eigenvalue weighted by molar-refractivity contribution is 5.99. The predicted molar refractivity (Wildman–Crippen MR) is 128 cm³/mol. The molecule has 0 aliphatic heterocycles. The zero-order valence-corrected chi connectivity index (χ0v) is 19.1. The van der Waals surface area contributed by atoms with Gasteiger partial charge < -0.3 is 14.8 Å². The number of alkyl halides is 3. The van der Waals surface area contributed by atoms with Gasteiger partial charge in [-0.2, -0.15) is 13.2 Å². The molecule has 4 rings (SSSR count). The molecule has 0 radical (unpaired) electrons. The third kappa shape index (κ3) is 5.85. The SMILES string of the molecule is O=C(O)CCc1cccc(-c2c(CC(=O)Nc3ccc(F)cc3C(F)(F)F)c(=O)oc3ccccc23)c1. The number of hydrogen-bond acceptors (Lipinski definition) is 4. The number of anilines is 1. The van der Waals surface area contributed by atoms with Crippen LogP contribution >= 0.6 is 0 Å². The lowest BCUT2D eigenvalue weighted by molar-refractivity contribution is -0.138. The van der Waals surface area contributed by atoms with E-state index in [1.54, 1.807) is 48.5 Å². The summed E-state index contributed by atoms with van der Waals surface area (Å²) >= 11 is 0. The molecular formula is C27H19F4NO5. The summed E-state index contributed by atoms with van der Waals surface area (Å²) in [5.41, 5.74) is -1.20. The van der Waals surface area contributed by atoms with Crippen molar-refractivity contribution in [1.29, 1.82) is 0 Å². The molecule has 0 saturated carbocycles. The number of rotatable bonds is 7. The molecule has 0 unspecified atom stereocenters. The summed E-state index contributed by atoms with van der Waals surface area (Å²) in [7, 11) is 0. The van der Waals surface area contributed by atoms with Crippen molar-refractivity contribution >= 4 is 28.5 Å². The number of para-hydroxylation sites is 1. The molecule has 0 aliphatic rings. The molecule has 10 heteroatoms. The number of benzene rings is 3. The summed E-state index contributed by atoms with van der Waals surface area (Å²) in [6.45, 7) is 0. The van der Waals surface area contributed by atoms with E-state index in [2.05, 4.69) is 5.32 Å². The van der Waals surface area contributed by atoms with Crippen LogP contribution in [0, 0.1) is 5.82 Å². The van der Waals surface area contributed by atoms with Crippen LogP contribution in [0.2, 0.25) is 0 Å². The molecule has 0 saturated heterocycles. The van der Waals surface area contributed by atoms with Crippen molar-refractivity contribution in [2.24, 2.45) is 0 Å². The summed E-state index contributed by atoms with van der Waals surface area (Å²) in [5.74, 6) is -3.04. The third-order valence-electron chi connectivity index (χ3n) is 5.65. The van der Waals surface area contributed by atoms with Crippen molar-refractivity contribution in [3.05, 3.63) is 99.7 Å². The zero-order valence-electron chi connectivity index (χ0n) is 19.1. The van der Waals surface area contributed by atoms with Gasteiger partial charge in [0.25, 0.3) is 0 Å². The normalized spacial score (nSPS) is 11.5. The van der Waals surface area contributed by atoms with Gasteiger partial charge >= 0.3 is 17.8 Å². The topological polar surface area (TPSA) is 96.6 Å². The van der Waals surface area contributed by atoms with Gasteiger partial charge in [0.1, 0.15) is 11.4 Å². The van der Waals surface area contributed by atoms with Crippen LogP contribution in [0.5, 0.6) is 0 Å². The van der Waals surface area contributed by atoms with Crippen LogP contribution in [0.4, 0.5) is 23.2 Å². The molecule has 4 aromatic rings. The summed E-state index contributed by atoms with van der Waals surface area (Å²) in [6.07, 6.45) is -5.44. The van der Waals surface area contributed by atoms with E-state index < -0.39 is 47.2 Å². The van der Waals surface area contributed by atoms with Crippen molar-refractivity contribution in [3.63, 3.8) is 0 Å². The van der Waals surface area contributed by atoms with Crippen molar-refractivity contribution in [1.82, 2.24) is 0 Å². The van der Waals surface area contributed by atoms with Gasteiger partial charge in [-0.15, -0.1) is 0 Å². The lowest BCUT2D eigenvalue weighted by Crippen LogP contribution is -2.22. The zero-order chi connectivity index (χ0) is 26.7. The van der Waals surface area contributed by atoms with Gasteiger partial charge in [0.2, 0.25) is 5.91 Å². The van der Waals surface area contributed by atoms with Gasteiger partial charge in [0.15, 0.2) is 0 Å². The van der Waals surface area contributed by atoms with Crippen LogP contribution in [0.1, 0.15) is 23.1 Å². The molecule has 0 spiro atoms. The Kier molecular flexibility index (Phi) is 7.10. The number of nitrogens with one attached hydrogen (secondary N) is 1. The number of hydrogen-bond donors (Lipinski definition) is 2. The Morgan fingerprint density at radius 2 is 1.73 bits per heavy atom. The first-order valence-corrected chi connectivity index (χ1v) is 11.1. The van der Waals surface area contributed by atoms with Gasteiger partial charge in [0, 0.05) is 17.4 Å². The second-order valence-electron chi connectivity index (χ2n) is 8.25. The first-order valence-electron chi connectivity index (χ1n) is 11.1. The van der Waals surface area contributed by atoms with Gasteiger partial charge in [-0.05, 0) is 41.8 Å². The minimum atomic E-state index is -4.92. The fourth-order valence-corrected chi connectivity index (χ4v) is 4.03. The van der Waals surface area contributed by atoms with E-state index >= 15 is 0 Å². The Hall–Kier alpha value is -4.47. The van der Waals surface area contributed by atoms with Crippen LogP contribution in [0.25, 0.3) is 22.1 Å². The van der Waals surface area contributed by atoms with E-state index in [4.69, 9.17) is 9.52 Å². The highest BCUT2D eigenvalue weighted by atomic mass is 19.4. The molecule has 190 valence electrons. The molecule has 1 amide bonds. The molecule has 0 atom stereocenters. The third-order valence-corrected chi connectivity index (χ3v) is 5.65. The van der Waals surface area contributed by atoms with Gasteiger partial charge in [0.05, 0.1) is 23.2 Å². The average molecular weight is 513 g/mol. The number of fused-ring (bicyclic) bond motifs is 1. The van der Waals surface area contributed by atoms with Gasteiger partial charge in [-0.25, -0.2) is 9.18 Å². The van der Waals surface area contributed by atoms with Crippen LogP contribution in [0.3, 0.4) is 0 Å². The summed E-state index contributed by atoms with van der Waals surface area (Å²) in [5, 5.41) is 11.6. The van der Waals surface area contributed by atoms with E-state index in [1.165, 1.54) is 0 Å². The smallest absolute Gasteiger partial charge is 0.418 e. The quantitative estimate of drug-likeness (QED) is 0.240. The van der Waals surface area contributed by atoms with E-state index in [1.807, 2.05) is 0 Å². The second-order valence-corrected chi connectivity index (χ2v) is 8.25. The summed E-state index contributed by atoms with van der Waals surface area (Å²) < 4.78 is 58.9. The van der Waals surface area contributed by atoms with Crippen molar-refractivity contribution in [2.45, 2.75) is 25.4 Å². The lowest BCUT2D eigenvalue weighted by Gasteiger charge is -2.15. The number of carboxylic acid groups (broad SMARTS) is 1. The van der Waals surface area contributed by atoms with E-state index in [0.717, 1.165) is 12.1 Å². The van der Waals surface area contributed by atoms with Gasteiger partial charge in [-0.3, -0.25) is 9.59 Å². The van der Waals surface area contributed by atoms with E-state index in [9.17, 15) is 31.9 Å². The monoisotopic (exact) mass is 513 g/mol. The lowest BCUT2D eigenvalue weighted by atomic mass is 9.93. The molecular weight excluding hydrogens is 494 g/mol. The number of halogens is 4. The Morgan fingerprint density at radius 1 is 0.973 bits per heavy atom. The Balaban J connectivity index is 1.77. The summed E-state index contributed by atoms with van der Waals surface area (Å²) in [4.78, 5) is 36.8. The molecule has 1 heterocycles. The molecule has 2 N–H and O–H groups in total. The number of amides is 1. The summed E-state index contributed by atoms with van der Waals surface area (Å²) in [6, 6.07) is 15.2. The molecule has 0 fully saturated rings. The Morgan fingerprint density at radius 3 is 2.46 bits per heavy atom. The van der Waals surface area contributed by atoms with Crippen LogP contribution in [-0.4, -0.2) is 17.0 Å². The van der Waals surface area contributed by atoms with Crippen LogP contribution in [-0.2, 0) is 28.6 Å². The largest absolute Gasteiger partial charge is 0.481 e. The van der Waals surface area contributed by atoms with Crippen molar-refractivity contribution in [2.75, 3.05) is 5.32 Å². The highest BCUT2D eigenvalue weighted by Crippen LogP contribution is 2.36. The number of carbonyl (C=O) groups excluding carboxylic acids is 1. The molecule has 1 aromatic heterocycles. The number of aryl methyl sites for hydroxylation is 1. The molecule has 0 aliphatic carbocycles. The second kappa shape index (κ2) is 10.3.